The predicted molar refractivity (Wildman–Crippen MR) is 46.2 cm³/mol. The summed E-state index contributed by atoms with van der Waals surface area (Å²) < 4.78 is 5.05. The Labute approximate surface area is 70.8 Å². The van der Waals surface area contributed by atoms with Gasteiger partial charge in [0, 0.05) is 12.4 Å². The lowest BCUT2D eigenvalue weighted by Gasteiger charge is -2.01. The second-order valence-electron chi connectivity index (χ2n) is 2.19. The van der Waals surface area contributed by atoms with E-state index in [-0.39, 0.29) is 5.90 Å². The van der Waals surface area contributed by atoms with E-state index in [1.165, 1.54) is 0 Å². The van der Waals surface area contributed by atoms with Gasteiger partial charge in [0.15, 0.2) is 5.82 Å². The third-order valence-electron chi connectivity index (χ3n) is 1.28. The van der Waals surface area contributed by atoms with Gasteiger partial charge in [-0.2, -0.15) is 0 Å². The monoisotopic (exact) mass is 165 g/mol. The molecule has 1 aromatic rings. The number of rotatable bonds is 4. The average Bonchev–Trinajstić information content (AvgIpc) is 2.56. The van der Waals surface area contributed by atoms with Gasteiger partial charge in [0.2, 0.25) is 5.90 Å². The standard InChI is InChI=1S/C8H11N3O/c1-2-3-6-12-7(9)8-10-4-5-11-8/h2,4-5,9H,1,3,6H2,(H,10,11). The Balaban J connectivity index is 2.34. The van der Waals surface area contributed by atoms with Crippen LogP contribution in [0.2, 0.25) is 0 Å². The Morgan fingerprint density at radius 1 is 1.83 bits per heavy atom. The molecule has 1 aromatic heterocycles. The highest BCUT2D eigenvalue weighted by Crippen LogP contribution is 1.93. The van der Waals surface area contributed by atoms with Crippen LogP contribution in [0.3, 0.4) is 0 Å². The molecule has 12 heavy (non-hydrogen) atoms. The molecule has 0 aromatic carbocycles. The summed E-state index contributed by atoms with van der Waals surface area (Å²) in [5.41, 5.74) is 0. The van der Waals surface area contributed by atoms with Crippen molar-refractivity contribution in [3.8, 4) is 0 Å². The van der Waals surface area contributed by atoms with Crippen molar-refractivity contribution in [2.75, 3.05) is 6.61 Å². The van der Waals surface area contributed by atoms with Crippen molar-refractivity contribution in [1.82, 2.24) is 9.97 Å². The quantitative estimate of drug-likeness (QED) is 0.306. The summed E-state index contributed by atoms with van der Waals surface area (Å²) in [6, 6.07) is 0. The lowest BCUT2D eigenvalue weighted by Crippen LogP contribution is -2.07. The lowest BCUT2D eigenvalue weighted by atomic mass is 10.4. The molecule has 0 bridgehead atoms. The minimum atomic E-state index is 0.0712. The zero-order chi connectivity index (χ0) is 8.81. The van der Waals surface area contributed by atoms with Crippen LogP contribution in [0.4, 0.5) is 0 Å². The molecule has 0 saturated heterocycles. The van der Waals surface area contributed by atoms with Crippen molar-refractivity contribution in [1.29, 1.82) is 5.41 Å². The predicted octanol–water partition coefficient (Wildman–Crippen LogP) is 1.33. The molecule has 0 aliphatic carbocycles. The second kappa shape index (κ2) is 4.33. The van der Waals surface area contributed by atoms with E-state index in [0.29, 0.717) is 12.4 Å². The molecule has 4 heteroatoms. The van der Waals surface area contributed by atoms with E-state index >= 15 is 0 Å². The lowest BCUT2D eigenvalue weighted by molar-refractivity contribution is 0.308. The van der Waals surface area contributed by atoms with Crippen molar-refractivity contribution in [2.45, 2.75) is 6.42 Å². The van der Waals surface area contributed by atoms with Crippen LogP contribution in [0.25, 0.3) is 0 Å². The Morgan fingerprint density at radius 2 is 2.67 bits per heavy atom. The highest BCUT2D eigenvalue weighted by Gasteiger charge is 2.02. The van der Waals surface area contributed by atoms with Crippen LogP contribution in [-0.2, 0) is 4.74 Å². The third-order valence-corrected chi connectivity index (χ3v) is 1.28. The van der Waals surface area contributed by atoms with Crippen molar-refractivity contribution in [3.63, 3.8) is 0 Å². The van der Waals surface area contributed by atoms with Gasteiger partial charge in [-0.05, 0) is 6.42 Å². The van der Waals surface area contributed by atoms with E-state index in [2.05, 4.69) is 16.5 Å². The number of ether oxygens (including phenoxy) is 1. The number of hydrogen-bond acceptors (Lipinski definition) is 3. The molecule has 2 N–H and O–H groups in total. The molecule has 0 aliphatic heterocycles. The van der Waals surface area contributed by atoms with E-state index in [0.717, 1.165) is 6.42 Å². The van der Waals surface area contributed by atoms with E-state index in [4.69, 9.17) is 10.1 Å². The summed E-state index contributed by atoms with van der Waals surface area (Å²) >= 11 is 0. The first-order chi connectivity index (χ1) is 5.84. The zero-order valence-electron chi connectivity index (χ0n) is 6.71. The van der Waals surface area contributed by atoms with E-state index in [9.17, 15) is 0 Å². The normalized spacial score (nSPS) is 9.33. The van der Waals surface area contributed by atoms with Crippen molar-refractivity contribution in [2.24, 2.45) is 0 Å². The Bertz CT molecular complexity index is 253. The van der Waals surface area contributed by atoms with Crippen LogP contribution in [0.15, 0.2) is 25.0 Å². The first-order valence-corrected chi connectivity index (χ1v) is 3.66. The van der Waals surface area contributed by atoms with Crippen LogP contribution < -0.4 is 0 Å². The van der Waals surface area contributed by atoms with Gasteiger partial charge in [-0.15, -0.1) is 6.58 Å². The van der Waals surface area contributed by atoms with Gasteiger partial charge >= 0.3 is 0 Å². The molecule has 0 atom stereocenters. The van der Waals surface area contributed by atoms with Crippen LogP contribution in [0.1, 0.15) is 12.2 Å². The molecular weight excluding hydrogens is 154 g/mol. The molecule has 0 aliphatic rings. The Morgan fingerprint density at radius 3 is 3.25 bits per heavy atom. The minimum Gasteiger partial charge on any atom is -0.475 e. The molecular formula is C8H11N3O. The molecule has 1 rings (SSSR count). The Hall–Kier alpha value is -1.58. The number of nitrogens with zero attached hydrogens (tertiary/aromatic N) is 1. The number of H-pyrrole nitrogens is 1. The van der Waals surface area contributed by atoms with Crippen molar-refractivity contribution >= 4 is 5.90 Å². The molecule has 0 unspecified atom stereocenters. The van der Waals surface area contributed by atoms with Gasteiger partial charge in [0.25, 0.3) is 0 Å². The highest BCUT2D eigenvalue weighted by molar-refractivity contribution is 5.87. The summed E-state index contributed by atoms with van der Waals surface area (Å²) in [5.74, 6) is 0.529. The van der Waals surface area contributed by atoms with Crippen molar-refractivity contribution < 1.29 is 4.74 Å². The SMILES string of the molecule is C=CCCOC(=N)c1ncc[nH]1. The second-order valence-corrected chi connectivity index (χ2v) is 2.19. The van der Waals surface area contributed by atoms with Gasteiger partial charge in [-0.3, -0.25) is 5.41 Å². The smallest absolute Gasteiger partial charge is 0.250 e. The molecule has 0 fully saturated rings. The summed E-state index contributed by atoms with van der Waals surface area (Å²) in [7, 11) is 0. The zero-order valence-corrected chi connectivity index (χ0v) is 6.71. The summed E-state index contributed by atoms with van der Waals surface area (Å²) in [5, 5.41) is 7.37. The maximum absolute atomic E-state index is 7.37. The molecule has 0 amide bonds. The highest BCUT2D eigenvalue weighted by atomic mass is 16.5. The van der Waals surface area contributed by atoms with Crippen LogP contribution in [0.5, 0.6) is 0 Å². The van der Waals surface area contributed by atoms with Gasteiger partial charge in [0.05, 0.1) is 6.61 Å². The van der Waals surface area contributed by atoms with Gasteiger partial charge < -0.3 is 9.72 Å². The molecule has 0 saturated carbocycles. The van der Waals surface area contributed by atoms with Gasteiger partial charge in [-0.25, -0.2) is 4.98 Å². The summed E-state index contributed by atoms with van der Waals surface area (Å²) in [4.78, 5) is 6.64. The fraction of sp³-hybridized carbons (Fsp3) is 0.250. The topological polar surface area (TPSA) is 61.8 Å². The molecule has 0 spiro atoms. The van der Waals surface area contributed by atoms with Gasteiger partial charge in [0.1, 0.15) is 0 Å². The van der Waals surface area contributed by atoms with Crippen LogP contribution in [0, 0.1) is 5.41 Å². The largest absolute Gasteiger partial charge is 0.475 e. The average molecular weight is 165 g/mol. The fourth-order valence-corrected chi connectivity index (χ4v) is 0.702. The number of aromatic amines is 1. The first-order valence-electron chi connectivity index (χ1n) is 3.66. The number of imidazole rings is 1. The maximum atomic E-state index is 7.37. The Kier molecular flexibility index (Phi) is 3.07. The molecule has 4 nitrogen and oxygen atoms in total. The number of nitrogens with one attached hydrogen (secondary N) is 2. The fourth-order valence-electron chi connectivity index (χ4n) is 0.702. The minimum absolute atomic E-state index is 0.0712. The van der Waals surface area contributed by atoms with Crippen LogP contribution >= 0.6 is 0 Å². The summed E-state index contributed by atoms with van der Waals surface area (Å²) in [6.07, 6.45) is 5.72. The summed E-state index contributed by atoms with van der Waals surface area (Å²) in [6.45, 7) is 4.02. The molecule has 0 radical (unpaired) electrons. The number of aromatic nitrogens is 2. The van der Waals surface area contributed by atoms with Crippen LogP contribution in [-0.4, -0.2) is 22.5 Å². The first kappa shape index (κ1) is 8.52. The molecule has 64 valence electrons. The van der Waals surface area contributed by atoms with E-state index in [1.807, 2.05) is 0 Å². The van der Waals surface area contributed by atoms with E-state index < -0.39 is 0 Å². The van der Waals surface area contributed by atoms with Gasteiger partial charge in [-0.1, -0.05) is 6.08 Å². The van der Waals surface area contributed by atoms with E-state index in [1.54, 1.807) is 18.5 Å². The van der Waals surface area contributed by atoms with Crippen molar-refractivity contribution in [3.05, 3.63) is 30.9 Å². The maximum Gasteiger partial charge on any atom is 0.250 e. The molecule has 1 heterocycles. The number of hydrogen-bond donors (Lipinski definition) is 2. The third kappa shape index (κ3) is 2.23.